The fraction of sp³-hybridized carbons (Fsp3) is 1.00. The lowest BCUT2D eigenvalue weighted by atomic mass is 10.1. The molecule has 0 bridgehead atoms. The Morgan fingerprint density at radius 3 is 0.769 bits per heavy atom. The van der Waals surface area contributed by atoms with Crippen molar-refractivity contribution in [1.29, 1.82) is 0 Å². The SMILES string of the molecule is C.C.CC(C)C.CCC(C)C.CCCC(C)C.[2H]C(C)C([2H])([2H])C(C)C.[2H]C([2H])(C)C([2H])([2H])C(C)C.[2H]C([2H])(C)CC(C)C.[2H]C([2H])([2H])C(C)C. The molecule has 0 nitrogen and oxygen atoms in total. The molecule has 0 fully saturated rings. The van der Waals surface area contributed by atoms with Gasteiger partial charge in [-0.25, -0.2) is 0 Å². The fourth-order valence-corrected chi connectivity index (χ4v) is 1.61. The van der Waals surface area contributed by atoms with E-state index >= 15 is 0 Å². The fourth-order valence-electron chi connectivity index (χ4n) is 1.61. The van der Waals surface area contributed by atoms with Gasteiger partial charge in [0.05, 0.1) is 0 Å². The summed E-state index contributed by atoms with van der Waals surface area (Å²) in [6.45, 7) is 37.0. The van der Waals surface area contributed by atoms with E-state index in [1.165, 1.54) is 26.2 Å². The molecule has 0 saturated heterocycles. The van der Waals surface area contributed by atoms with Crippen LogP contribution in [0.5, 0.6) is 0 Å². The van der Waals surface area contributed by atoms with Crippen LogP contribution in [0.1, 0.15) is 234 Å². The monoisotopic (exact) mass is 577 g/mol. The molecule has 0 aromatic heterocycles. The standard InChI is InChI=1S/4C6H14.C5H12.2C4H10.2CH4/c4*1-4-5-6(2)3;1-4-5(2)3;2*1-4(2)3;;/h4*6H,4-5H2,1-3H3;5H,4H2,1-3H3;2*4H,1-3H3;2*1H4/i4D2,5D2;4D,5D2;4D2;;;1D3;;;. The lowest BCUT2D eigenvalue weighted by Crippen LogP contribution is -1.81. The molecule has 0 N–H and O–H groups in total. The second-order valence-electron chi connectivity index (χ2n) is 12.0. The molecule has 0 spiro atoms. The van der Waals surface area contributed by atoms with E-state index < -0.39 is 38.7 Å². The smallest absolute Gasteiger partial charge is 0.0269 e. The van der Waals surface area contributed by atoms with Crippen molar-refractivity contribution < 1.29 is 16.4 Å². The van der Waals surface area contributed by atoms with Crippen molar-refractivity contribution in [3.63, 3.8) is 0 Å². The predicted molar refractivity (Wildman–Crippen MR) is 199 cm³/mol. The van der Waals surface area contributed by atoms with Gasteiger partial charge in [0.25, 0.3) is 0 Å². The van der Waals surface area contributed by atoms with Crippen LogP contribution in [0.2, 0.25) is 0 Å². The first-order chi connectivity index (χ1) is 21.2. The first-order valence-corrected chi connectivity index (χ1v) is 15.1. The molecule has 39 heavy (non-hydrogen) atoms. The largest absolute Gasteiger partial charge is 0.0776 e. The highest BCUT2D eigenvalue weighted by molar-refractivity contribution is 4.40. The van der Waals surface area contributed by atoms with Crippen molar-refractivity contribution >= 4 is 0 Å². The van der Waals surface area contributed by atoms with E-state index in [0.717, 1.165) is 17.8 Å². The van der Waals surface area contributed by atoms with Crippen LogP contribution in [0.15, 0.2) is 0 Å². The molecule has 0 rings (SSSR count). The minimum atomic E-state index is -1.75. The summed E-state index contributed by atoms with van der Waals surface area (Å²) in [6.07, 6.45) is -1.75. The lowest BCUT2D eigenvalue weighted by Gasteiger charge is -1.95. The molecule has 0 aliphatic carbocycles. The Morgan fingerprint density at radius 2 is 0.769 bits per heavy atom. The maximum atomic E-state index is 7.32. The molecule has 0 saturated carbocycles. The Balaban J connectivity index is -0.0000000583. The van der Waals surface area contributed by atoms with Gasteiger partial charge < -0.3 is 0 Å². The van der Waals surface area contributed by atoms with Gasteiger partial charge in [-0.05, 0) is 41.4 Å². The predicted octanol–water partition coefficient (Wildman–Crippen LogP) is 16.4. The first kappa shape index (κ1) is 31.9. The molecule has 252 valence electrons. The summed E-state index contributed by atoms with van der Waals surface area (Å²) in [6, 6.07) is 0. The highest BCUT2D eigenvalue weighted by Gasteiger charge is 1.87. The minimum absolute atomic E-state index is 0. The highest BCUT2D eigenvalue weighted by atomic mass is 13.9. The highest BCUT2D eigenvalue weighted by Crippen LogP contribution is 2.02. The Morgan fingerprint density at radius 1 is 0.462 bits per heavy atom. The van der Waals surface area contributed by atoms with Crippen LogP contribution >= 0.6 is 0 Å². The Hall–Kier alpha value is 0. The molecular weight excluding hydrogens is 468 g/mol. The molecular formula is C39H96. The molecule has 0 heterocycles. The van der Waals surface area contributed by atoms with Crippen molar-refractivity contribution in [1.82, 2.24) is 0 Å². The van der Waals surface area contributed by atoms with E-state index in [0.29, 0.717) is 12.3 Å². The summed E-state index contributed by atoms with van der Waals surface area (Å²) in [7, 11) is 0. The van der Waals surface area contributed by atoms with Gasteiger partial charge in [-0.2, -0.15) is 0 Å². The maximum Gasteiger partial charge on any atom is 0.0269 e. The van der Waals surface area contributed by atoms with Crippen LogP contribution in [0.4, 0.5) is 0 Å². The molecule has 0 aliphatic rings. The van der Waals surface area contributed by atoms with Crippen molar-refractivity contribution in [3.05, 3.63) is 0 Å². The third kappa shape index (κ3) is 251. The second kappa shape index (κ2) is 57.8. The van der Waals surface area contributed by atoms with E-state index in [4.69, 9.17) is 16.4 Å². The molecule has 0 aliphatic heterocycles. The van der Waals surface area contributed by atoms with E-state index in [2.05, 4.69) is 62.3 Å². The summed E-state index contributed by atoms with van der Waals surface area (Å²) in [5.41, 5.74) is 0. The van der Waals surface area contributed by atoms with E-state index in [1.807, 2.05) is 13.8 Å². The van der Waals surface area contributed by atoms with Gasteiger partial charge in [-0.15, -0.1) is 0 Å². The van der Waals surface area contributed by atoms with Gasteiger partial charge >= 0.3 is 0 Å². The van der Waals surface area contributed by atoms with Crippen molar-refractivity contribution in [3.8, 4) is 0 Å². The zero-order valence-corrected chi connectivity index (χ0v) is 29.9. The van der Waals surface area contributed by atoms with E-state index in [-0.39, 0.29) is 32.6 Å². The molecule has 1 unspecified atom stereocenters. The van der Waals surface area contributed by atoms with E-state index in [9.17, 15) is 0 Å². The van der Waals surface area contributed by atoms with Crippen molar-refractivity contribution in [2.45, 2.75) is 218 Å². The average Bonchev–Trinajstić information content (AvgIpc) is 2.82. The van der Waals surface area contributed by atoms with Crippen LogP contribution in [0, 0.1) is 41.4 Å². The van der Waals surface area contributed by atoms with Crippen LogP contribution in [-0.2, 0) is 0 Å². The van der Waals surface area contributed by atoms with Crippen LogP contribution in [0.25, 0.3) is 0 Å². The summed E-state index contributed by atoms with van der Waals surface area (Å²) < 4.78 is 85.1. The minimum Gasteiger partial charge on any atom is -0.0776 e. The summed E-state index contributed by atoms with van der Waals surface area (Å²) in [4.78, 5) is 0. The van der Waals surface area contributed by atoms with Gasteiger partial charge in [0.2, 0.25) is 0 Å². The van der Waals surface area contributed by atoms with Gasteiger partial charge in [0, 0.05) is 16.4 Å². The zero-order valence-electron chi connectivity index (χ0n) is 41.9. The lowest BCUT2D eigenvalue weighted by molar-refractivity contribution is 0.576. The summed E-state index contributed by atoms with van der Waals surface area (Å²) in [5, 5.41) is 0. The van der Waals surface area contributed by atoms with Crippen LogP contribution < -0.4 is 0 Å². The van der Waals surface area contributed by atoms with Gasteiger partial charge in [-0.1, -0.05) is 218 Å². The molecule has 0 amide bonds. The molecule has 0 aromatic carbocycles. The van der Waals surface area contributed by atoms with E-state index in [1.54, 1.807) is 55.4 Å². The Bertz CT molecular complexity index is 654. The van der Waals surface area contributed by atoms with Gasteiger partial charge in [0.15, 0.2) is 0 Å². The third-order valence-electron chi connectivity index (χ3n) is 3.23. The van der Waals surface area contributed by atoms with Gasteiger partial charge in [-0.3, -0.25) is 0 Å². The Labute approximate surface area is 276 Å². The number of hydrogen-bond donors (Lipinski definition) is 0. The molecule has 1 atom stereocenters. The van der Waals surface area contributed by atoms with Crippen molar-refractivity contribution in [2.75, 3.05) is 0 Å². The second-order valence-corrected chi connectivity index (χ2v) is 12.0. The maximum absolute atomic E-state index is 7.32. The van der Waals surface area contributed by atoms with Crippen molar-refractivity contribution in [2.24, 2.45) is 41.4 Å². The zero-order chi connectivity index (χ0) is 41.9. The quantitative estimate of drug-likeness (QED) is 0.256. The molecule has 0 aromatic rings. The molecule has 0 radical (unpaired) electrons. The third-order valence-corrected chi connectivity index (χ3v) is 3.23. The van der Waals surface area contributed by atoms with Crippen LogP contribution in [-0.4, -0.2) is 0 Å². The Kier molecular flexibility index (Phi) is 47.3. The number of hydrogen-bond acceptors (Lipinski definition) is 0. The number of rotatable bonds is 9. The topological polar surface area (TPSA) is 0 Å². The molecule has 0 heteroatoms. The normalized spacial score (nSPS) is 16.4. The average molecular weight is 577 g/mol. The first-order valence-electron chi connectivity index (χ1n) is 21.2. The summed E-state index contributed by atoms with van der Waals surface area (Å²) in [5.74, 6) is 2.53. The van der Waals surface area contributed by atoms with Crippen LogP contribution in [0.3, 0.4) is 0 Å². The van der Waals surface area contributed by atoms with Gasteiger partial charge in [0.1, 0.15) is 0 Å². The summed E-state index contributed by atoms with van der Waals surface area (Å²) >= 11 is 0.